The molecule has 0 aliphatic rings. The summed E-state index contributed by atoms with van der Waals surface area (Å²) in [6.45, 7) is 2.05. The third-order valence-electron chi connectivity index (χ3n) is 2.94. The van der Waals surface area contributed by atoms with E-state index in [0.29, 0.717) is 16.7 Å². The van der Waals surface area contributed by atoms with E-state index in [1.165, 1.54) is 23.1 Å². The molecule has 0 atom stereocenters. The van der Waals surface area contributed by atoms with E-state index in [4.69, 9.17) is 4.42 Å². The molecule has 1 amide bonds. The fourth-order valence-electron chi connectivity index (χ4n) is 1.99. The van der Waals surface area contributed by atoms with Crippen LogP contribution in [0, 0.1) is 11.3 Å². The van der Waals surface area contributed by atoms with Crippen molar-refractivity contribution < 1.29 is 9.21 Å². The number of hydrogen-bond acceptors (Lipinski definition) is 8. The molecule has 2 heterocycles. The van der Waals surface area contributed by atoms with E-state index in [9.17, 15) is 10.1 Å². The van der Waals surface area contributed by atoms with E-state index < -0.39 is 0 Å². The lowest BCUT2D eigenvalue weighted by Gasteiger charge is -2.02. The first-order chi connectivity index (χ1) is 11.7. The number of nitriles is 1. The van der Waals surface area contributed by atoms with Crippen molar-refractivity contribution in [2.75, 3.05) is 16.8 Å². The van der Waals surface area contributed by atoms with Crippen LogP contribution in [0.1, 0.15) is 12.7 Å². The van der Waals surface area contributed by atoms with Crippen LogP contribution in [0.25, 0.3) is 11.0 Å². The summed E-state index contributed by atoms with van der Waals surface area (Å²) in [5.74, 6) is 1.01. The third-order valence-corrected chi connectivity index (χ3v) is 6.02. The summed E-state index contributed by atoms with van der Waals surface area (Å²) in [7, 11) is 0. The van der Waals surface area contributed by atoms with Crippen molar-refractivity contribution in [3.8, 4) is 6.07 Å². The third kappa shape index (κ3) is 3.72. The van der Waals surface area contributed by atoms with Gasteiger partial charge < -0.3 is 9.73 Å². The first kappa shape index (κ1) is 16.8. The number of carbonyl (C=O) groups is 1. The minimum absolute atomic E-state index is 0.104. The van der Waals surface area contributed by atoms with Gasteiger partial charge in [-0.05, 0) is 17.9 Å². The molecule has 0 fully saturated rings. The van der Waals surface area contributed by atoms with E-state index in [1.54, 1.807) is 23.9 Å². The highest BCUT2D eigenvalue weighted by molar-refractivity contribution is 8.03. The van der Waals surface area contributed by atoms with Gasteiger partial charge in [0.25, 0.3) is 0 Å². The number of amides is 1. The molecule has 0 unspecified atom stereocenters. The maximum Gasteiger partial charge on any atom is 0.234 e. The van der Waals surface area contributed by atoms with Crippen LogP contribution in [-0.2, 0) is 4.79 Å². The molecule has 0 saturated carbocycles. The number of nitrogens with one attached hydrogen (secondary N) is 1. The Morgan fingerprint density at radius 3 is 2.83 bits per heavy atom. The fourth-order valence-corrected chi connectivity index (χ4v) is 4.71. The number of aromatic nitrogens is 2. The van der Waals surface area contributed by atoms with E-state index in [0.717, 1.165) is 14.4 Å². The molecule has 0 aliphatic carbocycles. The lowest BCUT2D eigenvalue weighted by Crippen LogP contribution is -2.14. The first-order valence-electron chi connectivity index (χ1n) is 7.02. The highest BCUT2D eigenvalue weighted by atomic mass is 32.2. The Hall–Kier alpha value is -2.02. The van der Waals surface area contributed by atoms with Crippen molar-refractivity contribution in [3.63, 3.8) is 0 Å². The monoisotopic (exact) mass is 376 g/mol. The van der Waals surface area contributed by atoms with E-state index in [1.807, 2.05) is 25.1 Å². The average molecular weight is 376 g/mol. The largest absolute Gasteiger partial charge is 0.443 e. The predicted molar refractivity (Wildman–Crippen MR) is 96.6 cm³/mol. The van der Waals surface area contributed by atoms with Crippen LogP contribution < -0.4 is 5.32 Å². The second-order valence-corrected chi connectivity index (χ2v) is 8.23. The second kappa shape index (κ2) is 7.70. The lowest BCUT2D eigenvalue weighted by molar-refractivity contribution is -0.113. The van der Waals surface area contributed by atoms with Crippen LogP contribution >= 0.6 is 34.9 Å². The normalized spacial score (nSPS) is 10.7. The quantitative estimate of drug-likeness (QED) is 0.650. The van der Waals surface area contributed by atoms with E-state index >= 15 is 0 Å². The van der Waals surface area contributed by atoms with Crippen LogP contribution in [-0.4, -0.2) is 27.6 Å². The van der Waals surface area contributed by atoms with Gasteiger partial charge >= 0.3 is 0 Å². The number of hydrogen-bond donors (Lipinski definition) is 1. The Morgan fingerprint density at radius 1 is 1.33 bits per heavy atom. The summed E-state index contributed by atoms with van der Waals surface area (Å²) in [6, 6.07) is 9.18. The average Bonchev–Trinajstić information content (AvgIpc) is 3.18. The number of thioether (sulfide) groups is 2. The zero-order valence-electron chi connectivity index (χ0n) is 12.6. The van der Waals surface area contributed by atoms with Gasteiger partial charge in [-0.3, -0.25) is 4.79 Å². The molecule has 0 spiro atoms. The smallest absolute Gasteiger partial charge is 0.234 e. The molecule has 6 nitrogen and oxygen atoms in total. The molecule has 122 valence electrons. The topological polar surface area (TPSA) is 91.8 Å². The molecule has 1 N–H and O–H groups in total. The summed E-state index contributed by atoms with van der Waals surface area (Å²) in [5.41, 5.74) is 0.987. The zero-order valence-corrected chi connectivity index (χ0v) is 15.1. The molecule has 24 heavy (non-hydrogen) atoms. The first-order valence-corrected chi connectivity index (χ1v) is 9.80. The molecule has 1 aromatic carbocycles. The standard InChI is InChI=1S/C15H12N4O2S3/c1-2-22-14-18-19-15(24-14)23-8-12(20)17-13-9-5-3-4-6-10(9)21-11(13)7-16/h3-6H,2,8H2,1H3,(H,17,20). The molecular formula is C15H12N4O2S3. The van der Waals surface area contributed by atoms with E-state index in [-0.39, 0.29) is 17.4 Å². The van der Waals surface area contributed by atoms with Crippen LogP contribution in [0.3, 0.4) is 0 Å². The van der Waals surface area contributed by atoms with Crippen LogP contribution in [0.2, 0.25) is 0 Å². The van der Waals surface area contributed by atoms with Crippen LogP contribution in [0.4, 0.5) is 5.69 Å². The highest BCUT2D eigenvalue weighted by Crippen LogP contribution is 2.31. The molecular weight excluding hydrogens is 364 g/mol. The van der Waals surface area contributed by atoms with E-state index in [2.05, 4.69) is 15.5 Å². The number of fused-ring (bicyclic) bond motifs is 1. The summed E-state index contributed by atoms with van der Waals surface area (Å²) in [5, 5.41) is 20.7. The number of anilines is 1. The van der Waals surface area contributed by atoms with Gasteiger partial charge in [0.05, 0.1) is 5.75 Å². The van der Waals surface area contributed by atoms with Gasteiger partial charge in [0, 0.05) is 5.39 Å². The summed E-state index contributed by atoms with van der Waals surface area (Å²) < 4.78 is 7.08. The minimum Gasteiger partial charge on any atom is -0.443 e. The molecule has 9 heteroatoms. The fraction of sp³-hybridized carbons (Fsp3) is 0.200. The van der Waals surface area contributed by atoms with Crippen molar-refractivity contribution in [1.29, 1.82) is 5.26 Å². The molecule has 3 aromatic rings. The lowest BCUT2D eigenvalue weighted by atomic mass is 10.2. The molecule has 0 saturated heterocycles. The number of benzene rings is 1. The van der Waals surface area contributed by atoms with Crippen molar-refractivity contribution in [1.82, 2.24) is 10.2 Å². The van der Waals surface area contributed by atoms with Gasteiger partial charge in [0.15, 0.2) is 8.68 Å². The molecule has 2 aromatic heterocycles. The Bertz CT molecular complexity index is 913. The van der Waals surface area contributed by atoms with Crippen LogP contribution in [0.5, 0.6) is 0 Å². The Balaban J connectivity index is 1.67. The number of carbonyl (C=O) groups excluding carboxylic acids is 1. The van der Waals surface area contributed by atoms with Gasteiger partial charge in [-0.2, -0.15) is 5.26 Å². The number of para-hydroxylation sites is 1. The Kier molecular flexibility index (Phi) is 5.40. The SMILES string of the molecule is CCSc1nnc(SCC(=O)Nc2c(C#N)oc3ccccc23)s1. The summed E-state index contributed by atoms with van der Waals surface area (Å²) in [6.07, 6.45) is 0. The van der Waals surface area contributed by atoms with Crippen molar-refractivity contribution in [2.45, 2.75) is 15.6 Å². The minimum atomic E-state index is -0.219. The predicted octanol–water partition coefficient (Wildman–Crippen LogP) is 4.00. The van der Waals surface area contributed by atoms with Gasteiger partial charge in [-0.25, -0.2) is 0 Å². The second-order valence-electron chi connectivity index (χ2n) is 4.52. The summed E-state index contributed by atoms with van der Waals surface area (Å²) in [4.78, 5) is 12.2. The van der Waals surface area contributed by atoms with Gasteiger partial charge in [-0.15, -0.1) is 10.2 Å². The number of rotatable bonds is 6. The number of furan rings is 1. The molecule has 0 bridgehead atoms. The van der Waals surface area contributed by atoms with Crippen LogP contribution in [0.15, 0.2) is 37.4 Å². The Morgan fingerprint density at radius 2 is 2.08 bits per heavy atom. The summed E-state index contributed by atoms with van der Waals surface area (Å²) >= 11 is 4.42. The van der Waals surface area contributed by atoms with Gasteiger partial charge in [-0.1, -0.05) is 53.9 Å². The highest BCUT2D eigenvalue weighted by Gasteiger charge is 2.16. The zero-order chi connectivity index (χ0) is 16.9. The maximum atomic E-state index is 12.2. The van der Waals surface area contributed by atoms with Crippen molar-refractivity contribution >= 4 is 57.4 Å². The van der Waals surface area contributed by atoms with Crippen molar-refractivity contribution in [3.05, 3.63) is 30.0 Å². The number of nitrogens with zero attached hydrogens (tertiary/aromatic N) is 3. The Labute approximate surface area is 150 Å². The maximum absolute atomic E-state index is 12.2. The molecule has 0 aliphatic heterocycles. The van der Waals surface area contributed by atoms with Crippen molar-refractivity contribution in [2.24, 2.45) is 0 Å². The molecule has 0 radical (unpaired) electrons. The van der Waals surface area contributed by atoms with Gasteiger partial charge in [0.1, 0.15) is 17.3 Å². The molecule has 3 rings (SSSR count). The van der Waals surface area contributed by atoms with Gasteiger partial charge in [0.2, 0.25) is 11.7 Å².